The third-order valence-electron chi connectivity index (χ3n) is 3.80. The van der Waals surface area contributed by atoms with E-state index >= 15 is 0 Å². The van der Waals surface area contributed by atoms with Gasteiger partial charge in [0.05, 0.1) is 18.2 Å². The summed E-state index contributed by atoms with van der Waals surface area (Å²) in [4.78, 5) is 0. The van der Waals surface area contributed by atoms with Crippen molar-refractivity contribution in [3.05, 3.63) is 70.5 Å². The molecule has 0 fully saturated rings. The van der Waals surface area contributed by atoms with E-state index in [2.05, 4.69) is 19.9 Å². The molecule has 114 valence electrons. The standard InChI is InChI=1S/C19H20FNO/c1-13(2)9-19(15-4-6-17(20)7-5-15)18-8-3-14(11-21)10-16(18)12-22/h3-8,10,13,19,22H,9,12H2,1-2H3. The van der Waals surface area contributed by atoms with Crippen molar-refractivity contribution < 1.29 is 9.50 Å². The van der Waals surface area contributed by atoms with E-state index in [4.69, 9.17) is 5.26 Å². The number of hydrogen-bond acceptors (Lipinski definition) is 2. The van der Waals surface area contributed by atoms with Crippen LogP contribution in [0.4, 0.5) is 4.39 Å². The molecule has 0 spiro atoms. The predicted molar refractivity (Wildman–Crippen MR) is 84.8 cm³/mol. The van der Waals surface area contributed by atoms with Gasteiger partial charge in [0.25, 0.3) is 0 Å². The fourth-order valence-electron chi connectivity index (χ4n) is 2.76. The van der Waals surface area contributed by atoms with E-state index in [0.717, 1.165) is 23.1 Å². The van der Waals surface area contributed by atoms with Crippen LogP contribution >= 0.6 is 0 Å². The number of aliphatic hydroxyl groups excluding tert-OH is 1. The first-order valence-electron chi connectivity index (χ1n) is 7.44. The van der Waals surface area contributed by atoms with Crippen molar-refractivity contribution in [2.24, 2.45) is 5.92 Å². The number of aliphatic hydroxyl groups is 1. The molecular weight excluding hydrogens is 277 g/mol. The van der Waals surface area contributed by atoms with E-state index in [1.807, 2.05) is 6.07 Å². The highest BCUT2D eigenvalue weighted by molar-refractivity contribution is 5.43. The fraction of sp³-hybridized carbons (Fsp3) is 0.316. The van der Waals surface area contributed by atoms with E-state index in [0.29, 0.717) is 11.5 Å². The average Bonchev–Trinajstić information content (AvgIpc) is 2.53. The molecule has 3 heteroatoms. The molecule has 0 aliphatic heterocycles. The van der Waals surface area contributed by atoms with Crippen LogP contribution in [0.15, 0.2) is 42.5 Å². The molecule has 1 N–H and O–H groups in total. The Bertz CT molecular complexity index is 671. The van der Waals surface area contributed by atoms with Crippen LogP contribution in [-0.4, -0.2) is 5.11 Å². The molecule has 0 aliphatic carbocycles. The third kappa shape index (κ3) is 3.72. The Morgan fingerprint density at radius 3 is 2.36 bits per heavy atom. The quantitative estimate of drug-likeness (QED) is 0.890. The summed E-state index contributed by atoms with van der Waals surface area (Å²) < 4.78 is 13.2. The van der Waals surface area contributed by atoms with Gasteiger partial charge in [0.2, 0.25) is 0 Å². The van der Waals surface area contributed by atoms with Crippen LogP contribution in [0.5, 0.6) is 0 Å². The van der Waals surface area contributed by atoms with Crippen molar-refractivity contribution in [2.75, 3.05) is 0 Å². The van der Waals surface area contributed by atoms with Crippen LogP contribution in [0.25, 0.3) is 0 Å². The lowest BCUT2D eigenvalue weighted by atomic mass is 9.82. The molecule has 0 radical (unpaired) electrons. The Hall–Kier alpha value is -2.18. The van der Waals surface area contributed by atoms with Gasteiger partial charge in [0.15, 0.2) is 0 Å². The zero-order chi connectivity index (χ0) is 16.1. The highest BCUT2D eigenvalue weighted by Crippen LogP contribution is 2.33. The summed E-state index contributed by atoms with van der Waals surface area (Å²) in [5.41, 5.74) is 3.32. The minimum absolute atomic E-state index is 0.0792. The van der Waals surface area contributed by atoms with Gasteiger partial charge in [-0.05, 0) is 53.3 Å². The van der Waals surface area contributed by atoms with Crippen molar-refractivity contribution in [1.82, 2.24) is 0 Å². The van der Waals surface area contributed by atoms with Gasteiger partial charge in [-0.1, -0.05) is 32.0 Å². The molecule has 1 unspecified atom stereocenters. The van der Waals surface area contributed by atoms with Gasteiger partial charge in [-0.25, -0.2) is 4.39 Å². The molecule has 0 saturated carbocycles. The summed E-state index contributed by atoms with van der Waals surface area (Å²) in [5, 5.41) is 18.6. The molecule has 0 aromatic heterocycles. The topological polar surface area (TPSA) is 44.0 Å². The van der Waals surface area contributed by atoms with Crippen LogP contribution in [0.3, 0.4) is 0 Å². The lowest BCUT2D eigenvalue weighted by molar-refractivity contribution is 0.279. The molecular formula is C19H20FNO. The summed E-state index contributed by atoms with van der Waals surface area (Å²) in [6.45, 7) is 4.16. The second-order valence-corrected chi connectivity index (χ2v) is 5.92. The van der Waals surface area contributed by atoms with Gasteiger partial charge in [-0.15, -0.1) is 0 Å². The Balaban J connectivity index is 2.50. The van der Waals surface area contributed by atoms with Gasteiger partial charge in [0, 0.05) is 5.92 Å². The highest BCUT2D eigenvalue weighted by atomic mass is 19.1. The maximum Gasteiger partial charge on any atom is 0.123 e. The Morgan fingerprint density at radius 1 is 1.14 bits per heavy atom. The van der Waals surface area contributed by atoms with Crippen LogP contribution in [-0.2, 0) is 6.61 Å². The zero-order valence-corrected chi connectivity index (χ0v) is 12.9. The molecule has 0 heterocycles. The van der Waals surface area contributed by atoms with E-state index in [1.165, 1.54) is 12.1 Å². The summed E-state index contributed by atoms with van der Waals surface area (Å²) in [6, 6.07) is 14.0. The number of halogens is 1. The van der Waals surface area contributed by atoms with Crippen molar-refractivity contribution in [1.29, 1.82) is 5.26 Å². The Labute approximate surface area is 130 Å². The first-order chi connectivity index (χ1) is 10.5. The van der Waals surface area contributed by atoms with Gasteiger partial charge < -0.3 is 5.11 Å². The molecule has 0 amide bonds. The molecule has 2 nitrogen and oxygen atoms in total. The zero-order valence-electron chi connectivity index (χ0n) is 12.9. The first kappa shape index (κ1) is 16.2. The molecule has 0 aliphatic rings. The average molecular weight is 297 g/mol. The van der Waals surface area contributed by atoms with Crippen LogP contribution in [0, 0.1) is 23.1 Å². The van der Waals surface area contributed by atoms with E-state index < -0.39 is 0 Å². The largest absolute Gasteiger partial charge is 0.392 e. The molecule has 2 aromatic rings. The van der Waals surface area contributed by atoms with Crippen LogP contribution < -0.4 is 0 Å². The van der Waals surface area contributed by atoms with Crippen LogP contribution in [0.2, 0.25) is 0 Å². The lowest BCUT2D eigenvalue weighted by Crippen LogP contribution is -2.08. The minimum Gasteiger partial charge on any atom is -0.392 e. The summed E-state index contributed by atoms with van der Waals surface area (Å²) in [7, 11) is 0. The van der Waals surface area contributed by atoms with Crippen molar-refractivity contribution in [3.63, 3.8) is 0 Å². The monoisotopic (exact) mass is 297 g/mol. The Kier molecular flexibility index (Phi) is 5.30. The number of nitrogens with zero attached hydrogens (tertiary/aromatic N) is 1. The van der Waals surface area contributed by atoms with Gasteiger partial charge >= 0.3 is 0 Å². The second-order valence-electron chi connectivity index (χ2n) is 5.92. The lowest BCUT2D eigenvalue weighted by Gasteiger charge is -2.22. The maximum atomic E-state index is 13.2. The molecule has 1 atom stereocenters. The second kappa shape index (κ2) is 7.20. The van der Waals surface area contributed by atoms with Crippen molar-refractivity contribution >= 4 is 0 Å². The SMILES string of the molecule is CC(C)CC(c1ccc(F)cc1)c1ccc(C#N)cc1CO. The third-order valence-corrected chi connectivity index (χ3v) is 3.80. The van der Waals surface area contributed by atoms with Gasteiger partial charge in [-0.3, -0.25) is 0 Å². The van der Waals surface area contributed by atoms with E-state index in [-0.39, 0.29) is 18.3 Å². The number of rotatable bonds is 5. The number of nitriles is 1. The minimum atomic E-state index is -0.255. The molecule has 0 saturated heterocycles. The number of hydrogen-bond donors (Lipinski definition) is 1. The number of benzene rings is 2. The van der Waals surface area contributed by atoms with E-state index in [9.17, 15) is 9.50 Å². The molecule has 2 rings (SSSR count). The first-order valence-corrected chi connectivity index (χ1v) is 7.44. The summed E-state index contributed by atoms with van der Waals surface area (Å²) in [5.74, 6) is 0.280. The molecule has 22 heavy (non-hydrogen) atoms. The van der Waals surface area contributed by atoms with Gasteiger partial charge in [-0.2, -0.15) is 5.26 Å². The van der Waals surface area contributed by atoms with Crippen molar-refractivity contribution in [2.45, 2.75) is 32.8 Å². The smallest absolute Gasteiger partial charge is 0.123 e. The normalized spacial score (nSPS) is 12.2. The van der Waals surface area contributed by atoms with E-state index in [1.54, 1.807) is 24.3 Å². The maximum absolute atomic E-state index is 13.2. The summed E-state index contributed by atoms with van der Waals surface area (Å²) >= 11 is 0. The molecule has 0 bridgehead atoms. The Morgan fingerprint density at radius 2 is 1.82 bits per heavy atom. The summed E-state index contributed by atoms with van der Waals surface area (Å²) in [6.07, 6.45) is 0.893. The van der Waals surface area contributed by atoms with Crippen molar-refractivity contribution in [3.8, 4) is 6.07 Å². The fourth-order valence-corrected chi connectivity index (χ4v) is 2.76. The van der Waals surface area contributed by atoms with Gasteiger partial charge in [0.1, 0.15) is 5.82 Å². The predicted octanol–water partition coefficient (Wildman–Crippen LogP) is 4.37. The molecule has 2 aromatic carbocycles. The highest BCUT2D eigenvalue weighted by Gasteiger charge is 2.19. The van der Waals surface area contributed by atoms with Crippen LogP contribution in [0.1, 0.15) is 48.4 Å².